The summed E-state index contributed by atoms with van der Waals surface area (Å²) in [6.07, 6.45) is -2.43. The van der Waals surface area contributed by atoms with Gasteiger partial charge in [0.15, 0.2) is 12.1 Å². The lowest BCUT2D eigenvalue weighted by Gasteiger charge is -2.39. The fourth-order valence-electron chi connectivity index (χ4n) is 6.97. The first-order chi connectivity index (χ1) is 23.6. The number of carbonyl (C=O) groups excluding carboxylic acids is 2. The van der Waals surface area contributed by atoms with Crippen LogP contribution >= 0.6 is 0 Å². The molecule has 0 bridgehead atoms. The molecule has 2 aliphatic rings. The maximum Gasteiger partial charge on any atom is 0.429 e. The van der Waals surface area contributed by atoms with E-state index in [4.69, 9.17) is 9.47 Å². The lowest BCUT2D eigenvalue weighted by molar-refractivity contribution is -0.160. The molecule has 49 heavy (non-hydrogen) atoms. The fraction of sp³-hybridized carbons (Fsp3) is 0.282. The lowest BCUT2D eigenvalue weighted by Crippen LogP contribution is -2.62. The van der Waals surface area contributed by atoms with Crippen molar-refractivity contribution in [1.29, 1.82) is 0 Å². The van der Waals surface area contributed by atoms with Crippen LogP contribution in [0.2, 0.25) is 0 Å². The summed E-state index contributed by atoms with van der Waals surface area (Å²) >= 11 is 0. The molecule has 0 saturated heterocycles. The van der Waals surface area contributed by atoms with E-state index in [-0.39, 0.29) is 37.4 Å². The third-order valence-corrected chi connectivity index (χ3v) is 9.28. The lowest BCUT2D eigenvalue weighted by atomic mass is 9.98. The van der Waals surface area contributed by atoms with Gasteiger partial charge in [0.1, 0.15) is 13.2 Å². The minimum atomic E-state index is -1.68. The van der Waals surface area contributed by atoms with Gasteiger partial charge in [0.25, 0.3) is 0 Å². The highest BCUT2D eigenvalue weighted by Crippen LogP contribution is 2.46. The highest BCUT2D eigenvalue weighted by Gasteiger charge is 2.44. The molecule has 0 aliphatic heterocycles. The van der Waals surface area contributed by atoms with Gasteiger partial charge < -0.3 is 19.7 Å². The average Bonchev–Trinajstić information content (AvgIpc) is 3.59. The number of carboxylic acids is 2. The van der Waals surface area contributed by atoms with Gasteiger partial charge in [-0.05, 0) is 63.8 Å². The van der Waals surface area contributed by atoms with E-state index in [1.54, 1.807) is 13.8 Å². The normalized spacial score (nSPS) is 14.2. The quantitative estimate of drug-likeness (QED) is 0.168. The molecule has 2 amide bonds. The highest BCUT2D eigenvalue weighted by atomic mass is 16.6. The number of nitrogens with zero attached hydrogens (tertiary/aromatic N) is 2. The van der Waals surface area contributed by atoms with Crippen molar-refractivity contribution in [2.75, 3.05) is 13.2 Å². The summed E-state index contributed by atoms with van der Waals surface area (Å²) < 4.78 is 11.6. The van der Waals surface area contributed by atoms with E-state index in [9.17, 15) is 29.4 Å². The van der Waals surface area contributed by atoms with Crippen molar-refractivity contribution in [3.05, 3.63) is 119 Å². The molecule has 4 aromatic rings. The van der Waals surface area contributed by atoms with E-state index in [2.05, 4.69) is 0 Å². The molecule has 0 aromatic heterocycles. The van der Waals surface area contributed by atoms with Gasteiger partial charge in [-0.2, -0.15) is 10.0 Å². The molecule has 10 nitrogen and oxygen atoms in total. The number of hydrazine groups is 1. The molecule has 0 fully saturated rings. The Kier molecular flexibility index (Phi) is 9.40. The third-order valence-electron chi connectivity index (χ3n) is 9.28. The second-order valence-electron chi connectivity index (χ2n) is 12.8. The van der Waals surface area contributed by atoms with Crippen LogP contribution in [0.15, 0.2) is 97.1 Å². The Balaban J connectivity index is 1.31. The van der Waals surface area contributed by atoms with E-state index >= 15 is 0 Å². The van der Waals surface area contributed by atoms with Crippen LogP contribution in [0.4, 0.5) is 9.59 Å². The molecule has 4 aromatic carbocycles. The van der Waals surface area contributed by atoms with Gasteiger partial charge in [-0.25, -0.2) is 19.2 Å². The molecule has 0 unspecified atom stereocenters. The second-order valence-corrected chi connectivity index (χ2v) is 12.8. The average molecular weight is 663 g/mol. The summed E-state index contributed by atoms with van der Waals surface area (Å²) in [6.45, 7) is 4.39. The van der Waals surface area contributed by atoms with Gasteiger partial charge in [-0.1, -0.05) is 111 Å². The summed E-state index contributed by atoms with van der Waals surface area (Å²) in [6, 6.07) is 27.7. The van der Waals surface area contributed by atoms with Gasteiger partial charge in [-0.15, -0.1) is 0 Å². The highest BCUT2D eigenvalue weighted by molar-refractivity contribution is 5.86. The smallest absolute Gasteiger partial charge is 0.429 e. The van der Waals surface area contributed by atoms with Crippen molar-refractivity contribution < 1.29 is 38.9 Å². The molecular formula is C39H38N2O8. The third kappa shape index (κ3) is 6.34. The number of amides is 2. The molecular weight excluding hydrogens is 624 g/mol. The van der Waals surface area contributed by atoms with Crippen LogP contribution in [-0.4, -0.2) is 69.7 Å². The summed E-state index contributed by atoms with van der Waals surface area (Å²) in [7, 11) is 0. The van der Waals surface area contributed by atoms with E-state index in [1.807, 2.05) is 97.1 Å². The SMILES string of the molecule is CC(C)C[C@@H](C(=O)O)N(C(=O)OCC1c2ccccc2-c2ccccc21)N(C(=O)OCC1c2ccccc2-c2ccccc21)[C@@H](C)C(=O)O. The maximum atomic E-state index is 14.1. The first kappa shape index (κ1) is 33.3. The number of fused-ring (bicyclic) bond motifs is 6. The topological polar surface area (TPSA) is 134 Å². The van der Waals surface area contributed by atoms with E-state index in [1.165, 1.54) is 6.92 Å². The van der Waals surface area contributed by atoms with Crippen LogP contribution in [0.5, 0.6) is 0 Å². The van der Waals surface area contributed by atoms with Gasteiger partial charge in [-0.3, -0.25) is 0 Å². The fourth-order valence-corrected chi connectivity index (χ4v) is 6.97. The predicted octanol–water partition coefficient (Wildman–Crippen LogP) is 7.38. The minimum absolute atomic E-state index is 0.0843. The number of benzene rings is 4. The van der Waals surface area contributed by atoms with Crippen molar-refractivity contribution in [2.45, 2.75) is 51.1 Å². The summed E-state index contributed by atoms with van der Waals surface area (Å²) in [5.74, 6) is -3.83. The minimum Gasteiger partial charge on any atom is -0.480 e. The molecule has 0 saturated carbocycles. The molecule has 0 radical (unpaired) electrons. The summed E-state index contributed by atoms with van der Waals surface area (Å²) in [4.78, 5) is 53.3. The van der Waals surface area contributed by atoms with E-state index < -0.39 is 36.2 Å². The maximum absolute atomic E-state index is 14.1. The second kappa shape index (κ2) is 13.8. The van der Waals surface area contributed by atoms with Crippen LogP contribution in [0.25, 0.3) is 22.3 Å². The Morgan fingerprint density at radius 1 is 0.571 bits per heavy atom. The predicted molar refractivity (Wildman–Crippen MR) is 182 cm³/mol. The van der Waals surface area contributed by atoms with Crippen molar-refractivity contribution in [3.8, 4) is 22.3 Å². The number of carbonyl (C=O) groups is 4. The standard InChI is InChI=1S/C39H38N2O8/c1-23(2)20-35(37(44)45)41(39(47)49-22-34-31-18-10-6-14-27(31)28-15-7-11-19-32(28)34)40(24(3)36(42)43)38(46)48-21-33-29-16-8-4-12-25(29)26-13-5-9-17-30(26)33/h4-19,23-24,33-35H,20-22H2,1-3H3,(H,42,43)(H,44,45)/t24-,35-/m0/s1. The molecule has 252 valence electrons. The zero-order chi connectivity index (χ0) is 34.8. The Morgan fingerprint density at radius 3 is 1.24 bits per heavy atom. The molecule has 0 heterocycles. The van der Waals surface area contributed by atoms with Crippen molar-refractivity contribution >= 4 is 24.1 Å². The Bertz CT molecular complexity index is 1810. The van der Waals surface area contributed by atoms with Crippen LogP contribution in [0.3, 0.4) is 0 Å². The first-order valence-corrected chi connectivity index (χ1v) is 16.3. The molecule has 0 spiro atoms. The molecule has 10 heteroatoms. The van der Waals surface area contributed by atoms with Crippen molar-refractivity contribution in [1.82, 2.24) is 10.0 Å². The van der Waals surface area contributed by atoms with Crippen molar-refractivity contribution in [3.63, 3.8) is 0 Å². The molecule has 2 atom stereocenters. The van der Waals surface area contributed by atoms with E-state index in [0.29, 0.717) is 10.0 Å². The van der Waals surface area contributed by atoms with Crippen LogP contribution in [0.1, 0.15) is 61.3 Å². The molecule has 6 rings (SSSR count). The Labute approximate surface area is 284 Å². The van der Waals surface area contributed by atoms with Crippen LogP contribution in [-0.2, 0) is 19.1 Å². The van der Waals surface area contributed by atoms with Gasteiger partial charge in [0.2, 0.25) is 0 Å². The zero-order valence-electron chi connectivity index (χ0n) is 27.5. The Morgan fingerprint density at radius 2 is 0.918 bits per heavy atom. The Hall–Kier alpha value is -5.64. The van der Waals surface area contributed by atoms with Gasteiger partial charge in [0.05, 0.1) is 0 Å². The van der Waals surface area contributed by atoms with Gasteiger partial charge >= 0.3 is 24.1 Å². The molecule has 2 N–H and O–H groups in total. The number of hydrogen-bond acceptors (Lipinski definition) is 6. The number of carboxylic acid groups (broad SMARTS) is 2. The number of hydrogen-bond donors (Lipinski definition) is 2. The summed E-state index contributed by atoms with van der Waals surface area (Å²) in [5.41, 5.74) is 7.74. The largest absolute Gasteiger partial charge is 0.480 e. The first-order valence-electron chi connectivity index (χ1n) is 16.3. The molecule has 2 aliphatic carbocycles. The summed E-state index contributed by atoms with van der Waals surface area (Å²) in [5, 5.41) is 21.7. The monoisotopic (exact) mass is 662 g/mol. The van der Waals surface area contributed by atoms with Crippen molar-refractivity contribution in [2.24, 2.45) is 5.92 Å². The van der Waals surface area contributed by atoms with Crippen LogP contribution in [0, 0.1) is 5.92 Å². The van der Waals surface area contributed by atoms with Crippen LogP contribution < -0.4 is 0 Å². The number of rotatable bonds is 10. The number of ether oxygens (including phenoxy) is 2. The van der Waals surface area contributed by atoms with Gasteiger partial charge in [0, 0.05) is 11.8 Å². The van der Waals surface area contributed by atoms with E-state index in [0.717, 1.165) is 44.5 Å². The zero-order valence-corrected chi connectivity index (χ0v) is 27.5. The number of aliphatic carboxylic acids is 2.